The van der Waals surface area contributed by atoms with Crippen LogP contribution in [0.2, 0.25) is 5.15 Å². The van der Waals surface area contributed by atoms with Crippen LogP contribution in [0, 0.1) is 11.8 Å². The average Bonchev–Trinajstić information content (AvgIpc) is 2.39. The van der Waals surface area contributed by atoms with Crippen molar-refractivity contribution in [2.24, 2.45) is 11.8 Å². The number of pyridine rings is 1. The normalized spacial score (nSPS) is 25.2. The summed E-state index contributed by atoms with van der Waals surface area (Å²) in [4.78, 5) is 18.6. The smallest absolute Gasteiger partial charge is 0.241 e. The van der Waals surface area contributed by atoms with Gasteiger partial charge >= 0.3 is 0 Å². The van der Waals surface area contributed by atoms with Crippen LogP contribution in [0.25, 0.3) is 0 Å². The Kier molecular flexibility index (Phi) is 5.00. The van der Waals surface area contributed by atoms with E-state index in [1.165, 1.54) is 6.42 Å². The Hall–Kier alpha value is -1.13. The van der Waals surface area contributed by atoms with E-state index in [-0.39, 0.29) is 11.9 Å². The van der Waals surface area contributed by atoms with Crippen molar-refractivity contribution in [3.63, 3.8) is 0 Å². The van der Waals surface area contributed by atoms with Crippen molar-refractivity contribution >= 4 is 23.2 Å². The number of anilines is 1. The summed E-state index contributed by atoms with van der Waals surface area (Å²) in [6.45, 7) is 8.38. The molecule has 1 fully saturated rings. The standard InChI is InChI=1S/C15H22ClN3O/c1-10-7-11(2)9-19(8-10)12(3)15(20)18-13-5-4-6-17-14(13)16/h4-6,10-12H,7-9H2,1-3H3,(H,18,20)/t10-,11+,12-/m0/s1. The molecular formula is C15H22ClN3O. The maximum absolute atomic E-state index is 12.3. The molecule has 0 saturated carbocycles. The summed E-state index contributed by atoms with van der Waals surface area (Å²) in [7, 11) is 0. The second-order valence-corrected chi connectivity index (χ2v) is 6.26. The van der Waals surface area contributed by atoms with Crippen LogP contribution in [-0.4, -0.2) is 34.9 Å². The summed E-state index contributed by atoms with van der Waals surface area (Å²) in [5, 5.41) is 3.19. The third-order valence-corrected chi connectivity index (χ3v) is 4.14. The second kappa shape index (κ2) is 6.55. The van der Waals surface area contributed by atoms with E-state index in [1.54, 1.807) is 18.3 Å². The van der Waals surface area contributed by atoms with E-state index in [0.717, 1.165) is 13.1 Å². The van der Waals surface area contributed by atoms with Crippen LogP contribution < -0.4 is 5.32 Å². The number of carbonyl (C=O) groups excluding carboxylic acids is 1. The Morgan fingerprint density at radius 1 is 1.45 bits per heavy atom. The van der Waals surface area contributed by atoms with E-state index >= 15 is 0 Å². The predicted octanol–water partition coefficient (Wildman–Crippen LogP) is 3.04. The Labute approximate surface area is 125 Å². The molecule has 1 N–H and O–H groups in total. The highest BCUT2D eigenvalue weighted by molar-refractivity contribution is 6.32. The summed E-state index contributed by atoms with van der Waals surface area (Å²) in [6, 6.07) is 3.37. The van der Waals surface area contributed by atoms with Crippen molar-refractivity contribution in [3.05, 3.63) is 23.5 Å². The highest BCUT2D eigenvalue weighted by atomic mass is 35.5. The predicted molar refractivity (Wildman–Crippen MR) is 81.9 cm³/mol. The van der Waals surface area contributed by atoms with Crippen LogP contribution in [0.15, 0.2) is 18.3 Å². The molecule has 0 aromatic carbocycles. The number of hydrogen-bond donors (Lipinski definition) is 1. The van der Waals surface area contributed by atoms with E-state index in [0.29, 0.717) is 22.7 Å². The zero-order valence-electron chi connectivity index (χ0n) is 12.3. The number of hydrogen-bond acceptors (Lipinski definition) is 3. The van der Waals surface area contributed by atoms with Crippen LogP contribution in [0.1, 0.15) is 27.2 Å². The van der Waals surface area contributed by atoms with Crippen molar-refractivity contribution in [1.82, 2.24) is 9.88 Å². The first-order valence-corrected chi connectivity index (χ1v) is 7.50. The lowest BCUT2D eigenvalue weighted by atomic mass is 9.91. The van der Waals surface area contributed by atoms with Crippen LogP contribution in [-0.2, 0) is 4.79 Å². The Morgan fingerprint density at radius 2 is 2.10 bits per heavy atom. The molecular weight excluding hydrogens is 274 g/mol. The number of nitrogens with one attached hydrogen (secondary N) is 1. The second-order valence-electron chi connectivity index (χ2n) is 5.91. The van der Waals surface area contributed by atoms with E-state index in [1.807, 2.05) is 6.92 Å². The maximum atomic E-state index is 12.3. The fourth-order valence-corrected chi connectivity index (χ4v) is 3.08. The molecule has 0 radical (unpaired) electrons. The Bertz CT molecular complexity index is 470. The molecule has 3 atom stereocenters. The molecule has 20 heavy (non-hydrogen) atoms. The lowest BCUT2D eigenvalue weighted by Gasteiger charge is -2.38. The van der Waals surface area contributed by atoms with Gasteiger partial charge in [0, 0.05) is 19.3 Å². The molecule has 0 unspecified atom stereocenters. The topological polar surface area (TPSA) is 45.2 Å². The third-order valence-electron chi connectivity index (χ3n) is 3.84. The third kappa shape index (κ3) is 3.70. The molecule has 1 aromatic rings. The number of likely N-dealkylation sites (tertiary alicyclic amines) is 1. The molecule has 110 valence electrons. The first-order chi connectivity index (χ1) is 9.47. The molecule has 0 bridgehead atoms. The van der Waals surface area contributed by atoms with Gasteiger partial charge in [0.15, 0.2) is 5.15 Å². The number of rotatable bonds is 3. The molecule has 0 aliphatic carbocycles. The molecule has 2 heterocycles. The highest BCUT2D eigenvalue weighted by Crippen LogP contribution is 2.23. The van der Waals surface area contributed by atoms with Crippen LogP contribution >= 0.6 is 11.6 Å². The lowest BCUT2D eigenvalue weighted by Crippen LogP contribution is -2.48. The molecule has 5 heteroatoms. The van der Waals surface area contributed by atoms with Crippen molar-refractivity contribution in [2.45, 2.75) is 33.2 Å². The fourth-order valence-electron chi connectivity index (χ4n) is 2.91. The van der Waals surface area contributed by atoms with Gasteiger partial charge in [0.1, 0.15) is 0 Å². The number of piperidine rings is 1. The van der Waals surface area contributed by atoms with Gasteiger partial charge in [-0.2, -0.15) is 0 Å². The van der Waals surface area contributed by atoms with E-state index in [2.05, 4.69) is 29.0 Å². The van der Waals surface area contributed by atoms with Gasteiger partial charge in [0.25, 0.3) is 0 Å². The SMILES string of the molecule is C[C@@H]1C[C@H](C)CN([C@@H](C)C(=O)Nc2cccnc2Cl)C1. The van der Waals surface area contributed by atoms with Crippen molar-refractivity contribution in [2.75, 3.05) is 18.4 Å². The minimum Gasteiger partial charge on any atom is -0.322 e. The fraction of sp³-hybridized carbons (Fsp3) is 0.600. The average molecular weight is 296 g/mol. The molecule has 1 saturated heterocycles. The molecule has 1 aliphatic heterocycles. The van der Waals surface area contributed by atoms with E-state index < -0.39 is 0 Å². The zero-order chi connectivity index (χ0) is 14.7. The lowest BCUT2D eigenvalue weighted by molar-refractivity contribution is -0.121. The van der Waals surface area contributed by atoms with Crippen LogP contribution in [0.3, 0.4) is 0 Å². The summed E-state index contributed by atoms with van der Waals surface area (Å²) in [5.74, 6) is 1.24. The zero-order valence-corrected chi connectivity index (χ0v) is 13.0. The largest absolute Gasteiger partial charge is 0.322 e. The van der Waals surface area contributed by atoms with Gasteiger partial charge in [-0.3, -0.25) is 9.69 Å². The van der Waals surface area contributed by atoms with Crippen molar-refractivity contribution in [3.8, 4) is 0 Å². The van der Waals surface area contributed by atoms with Gasteiger partial charge in [-0.05, 0) is 37.3 Å². The molecule has 2 rings (SSSR count). The molecule has 1 amide bonds. The summed E-state index contributed by atoms with van der Waals surface area (Å²) in [5.41, 5.74) is 0.573. The molecule has 1 aromatic heterocycles. The summed E-state index contributed by atoms with van der Waals surface area (Å²) < 4.78 is 0. The first-order valence-electron chi connectivity index (χ1n) is 7.12. The minimum atomic E-state index is -0.156. The first kappa shape index (κ1) is 15.3. The van der Waals surface area contributed by atoms with Gasteiger partial charge < -0.3 is 5.32 Å². The summed E-state index contributed by atoms with van der Waals surface area (Å²) >= 11 is 5.97. The van der Waals surface area contributed by atoms with Gasteiger partial charge in [0.2, 0.25) is 5.91 Å². The number of amides is 1. The molecule has 4 nitrogen and oxygen atoms in total. The van der Waals surface area contributed by atoms with Crippen LogP contribution in [0.4, 0.5) is 5.69 Å². The maximum Gasteiger partial charge on any atom is 0.241 e. The minimum absolute atomic E-state index is 0.0267. The molecule has 0 spiro atoms. The number of halogens is 1. The van der Waals surface area contributed by atoms with Crippen molar-refractivity contribution < 1.29 is 4.79 Å². The number of aromatic nitrogens is 1. The van der Waals surface area contributed by atoms with Crippen LogP contribution in [0.5, 0.6) is 0 Å². The Morgan fingerprint density at radius 3 is 2.70 bits per heavy atom. The van der Waals surface area contributed by atoms with Gasteiger partial charge in [-0.15, -0.1) is 0 Å². The summed E-state index contributed by atoms with van der Waals surface area (Å²) in [6.07, 6.45) is 2.84. The Balaban J connectivity index is 2.00. The van der Waals surface area contributed by atoms with E-state index in [9.17, 15) is 4.79 Å². The number of nitrogens with zero attached hydrogens (tertiary/aromatic N) is 2. The monoisotopic (exact) mass is 295 g/mol. The number of carbonyl (C=O) groups is 1. The van der Waals surface area contributed by atoms with Gasteiger partial charge in [-0.1, -0.05) is 25.4 Å². The van der Waals surface area contributed by atoms with Gasteiger partial charge in [0.05, 0.1) is 11.7 Å². The van der Waals surface area contributed by atoms with Crippen molar-refractivity contribution in [1.29, 1.82) is 0 Å². The molecule has 1 aliphatic rings. The van der Waals surface area contributed by atoms with E-state index in [4.69, 9.17) is 11.6 Å². The highest BCUT2D eigenvalue weighted by Gasteiger charge is 2.28. The quantitative estimate of drug-likeness (QED) is 0.872. The van der Waals surface area contributed by atoms with Gasteiger partial charge in [-0.25, -0.2) is 4.98 Å².